The fraction of sp³-hybridized carbons (Fsp3) is 0.714. The lowest BCUT2D eigenvalue weighted by Gasteiger charge is -2.44. The second-order valence-corrected chi connectivity index (χ2v) is 7.01. The molecule has 5 atom stereocenters. The van der Waals surface area contributed by atoms with E-state index in [1.54, 1.807) is 0 Å². The molecule has 3 N–H and O–H groups in total. The molecule has 1 rings (SSSR count). The number of amides is 1. The number of hydrogen-bond donors (Lipinski definition) is 3. The molecule has 0 aromatic heterocycles. The zero-order chi connectivity index (χ0) is 21.6. The molecule has 0 aromatic rings. The van der Waals surface area contributed by atoms with Crippen LogP contribution in [0.5, 0.6) is 0 Å². The smallest absolute Gasteiger partial charge is 0.463 e. The van der Waals surface area contributed by atoms with Crippen LogP contribution in [-0.4, -0.2) is 70.9 Å². The number of hydrogen-bond acceptors (Lipinski definition) is 10. The highest BCUT2D eigenvalue weighted by molar-refractivity contribution is 7.46. The minimum Gasteiger partial charge on any atom is -0.463 e. The van der Waals surface area contributed by atoms with Crippen LogP contribution in [0, 0.1) is 0 Å². The summed E-state index contributed by atoms with van der Waals surface area (Å²) in [6, 6.07) is -1.45. The molecule has 1 aliphatic heterocycles. The molecule has 0 bridgehead atoms. The van der Waals surface area contributed by atoms with Crippen molar-refractivity contribution in [2.75, 3.05) is 6.61 Å². The highest BCUT2D eigenvalue weighted by Crippen LogP contribution is 2.41. The van der Waals surface area contributed by atoms with Crippen LogP contribution in [0.15, 0.2) is 0 Å². The molecular formula is C14H22NO12P. The predicted molar refractivity (Wildman–Crippen MR) is 87.1 cm³/mol. The standard InChI is InChI=1S/C14H22NO12P/c1-6(16)15-11-13(25-9(4)19)12(24-8(3)18)10(5-23-7(2)17)26-14(11)27-28(20,21)22/h10-14H,5H2,1-4H3,(H,15,16)(H2,20,21,22)/t10-,11-,12-,13-,14+/m1/s1. The number of carbonyl (C=O) groups excluding carboxylic acids is 4. The quantitative estimate of drug-likeness (QED) is 0.250. The maximum atomic E-state index is 11.5. The Hall–Kier alpha value is -2.05. The molecule has 1 aliphatic rings. The van der Waals surface area contributed by atoms with E-state index in [-0.39, 0.29) is 0 Å². The third kappa shape index (κ3) is 7.90. The van der Waals surface area contributed by atoms with Crippen molar-refractivity contribution in [2.45, 2.75) is 58.3 Å². The van der Waals surface area contributed by atoms with E-state index >= 15 is 0 Å². The molecule has 14 heteroatoms. The summed E-state index contributed by atoms with van der Waals surface area (Å²) in [5.41, 5.74) is 0. The first kappa shape index (κ1) is 24.0. The van der Waals surface area contributed by atoms with Gasteiger partial charge in [-0.2, -0.15) is 0 Å². The summed E-state index contributed by atoms with van der Waals surface area (Å²) < 4.78 is 36.3. The van der Waals surface area contributed by atoms with Gasteiger partial charge in [0, 0.05) is 27.7 Å². The number of nitrogens with one attached hydrogen (secondary N) is 1. The summed E-state index contributed by atoms with van der Waals surface area (Å²) in [4.78, 5) is 63.9. The van der Waals surface area contributed by atoms with Crippen molar-refractivity contribution < 1.29 is 57.0 Å². The minimum absolute atomic E-state index is 0.515. The van der Waals surface area contributed by atoms with Crippen molar-refractivity contribution in [3.8, 4) is 0 Å². The van der Waals surface area contributed by atoms with Gasteiger partial charge < -0.3 is 34.1 Å². The lowest BCUT2D eigenvalue weighted by atomic mass is 9.96. The van der Waals surface area contributed by atoms with Gasteiger partial charge in [0.1, 0.15) is 18.8 Å². The van der Waals surface area contributed by atoms with Crippen LogP contribution in [0.2, 0.25) is 0 Å². The number of rotatable bonds is 7. The molecular weight excluding hydrogens is 405 g/mol. The van der Waals surface area contributed by atoms with Crippen molar-refractivity contribution >= 4 is 31.6 Å². The van der Waals surface area contributed by atoms with Gasteiger partial charge in [-0.3, -0.25) is 23.7 Å². The van der Waals surface area contributed by atoms with E-state index < -0.39 is 68.9 Å². The van der Waals surface area contributed by atoms with Crippen LogP contribution < -0.4 is 5.32 Å². The first-order valence-electron chi connectivity index (χ1n) is 7.94. The topological polar surface area (TPSA) is 184 Å². The van der Waals surface area contributed by atoms with Gasteiger partial charge in [0.15, 0.2) is 18.5 Å². The fourth-order valence-corrected chi connectivity index (χ4v) is 2.97. The SMILES string of the molecule is CC(=O)N[C@H]1[C@H](OP(=O)(O)O)O[C@H](COC(C)=O)[C@@H](OC(C)=O)[C@@H]1OC(C)=O. The Balaban J connectivity index is 3.34. The zero-order valence-corrected chi connectivity index (χ0v) is 16.4. The zero-order valence-electron chi connectivity index (χ0n) is 15.5. The number of phosphoric ester groups is 1. The number of ether oxygens (including phenoxy) is 4. The van der Waals surface area contributed by atoms with Crippen LogP contribution in [0.1, 0.15) is 27.7 Å². The molecule has 28 heavy (non-hydrogen) atoms. The van der Waals surface area contributed by atoms with Crippen molar-refractivity contribution in [1.29, 1.82) is 0 Å². The van der Waals surface area contributed by atoms with Gasteiger partial charge >= 0.3 is 25.7 Å². The monoisotopic (exact) mass is 427 g/mol. The van der Waals surface area contributed by atoms with Gasteiger partial charge in [0.2, 0.25) is 5.91 Å². The van der Waals surface area contributed by atoms with Gasteiger partial charge in [-0.25, -0.2) is 4.57 Å². The highest BCUT2D eigenvalue weighted by Gasteiger charge is 2.52. The molecule has 1 saturated heterocycles. The number of esters is 3. The second-order valence-electron chi connectivity index (χ2n) is 5.82. The van der Waals surface area contributed by atoms with Gasteiger partial charge in [-0.15, -0.1) is 0 Å². The largest absolute Gasteiger partial charge is 0.472 e. The average Bonchev–Trinajstić information content (AvgIpc) is 2.48. The summed E-state index contributed by atoms with van der Waals surface area (Å²) >= 11 is 0. The predicted octanol–water partition coefficient (Wildman–Crippen LogP) is -1.25. The Labute approximate surface area is 159 Å². The Morgan fingerprint density at radius 3 is 1.93 bits per heavy atom. The van der Waals surface area contributed by atoms with E-state index in [1.165, 1.54) is 0 Å². The molecule has 13 nitrogen and oxygen atoms in total. The molecule has 0 spiro atoms. The third-order valence-electron chi connectivity index (χ3n) is 3.31. The van der Waals surface area contributed by atoms with Gasteiger partial charge in [-0.05, 0) is 0 Å². The van der Waals surface area contributed by atoms with Crippen molar-refractivity contribution in [3.63, 3.8) is 0 Å². The Morgan fingerprint density at radius 1 is 0.964 bits per heavy atom. The van der Waals surface area contributed by atoms with Gasteiger partial charge in [-0.1, -0.05) is 0 Å². The highest BCUT2D eigenvalue weighted by atomic mass is 31.2. The molecule has 0 aliphatic carbocycles. The molecule has 160 valence electrons. The third-order valence-corrected chi connectivity index (χ3v) is 3.79. The second kappa shape index (κ2) is 9.94. The number of phosphoric acid groups is 1. The maximum absolute atomic E-state index is 11.5. The molecule has 1 fully saturated rings. The van der Waals surface area contributed by atoms with E-state index in [2.05, 4.69) is 9.84 Å². The Bertz CT molecular complexity index is 661. The summed E-state index contributed by atoms with van der Waals surface area (Å²) in [5.74, 6) is -3.05. The average molecular weight is 427 g/mol. The van der Waals surface area contributed by atoms with Crippen molar-refractivity contribution in [3.05, 3.63) is 0 Å². The first-order chi connectivity index (χ1) is 12.8. The molecule has 1 heterocycles. The summed E-state index contributed by atoms with van der Waals surface area (Å²) in [6.07, 6.45) is -5.98. The van der Waals surface area contributed by atoms with E-state index in [9.17, 15) is 23.7 Å². The van der Waals surface area contributed by atoms with Crippen LogP contribution in [-0.2, 0) is 47.2 Å². The van der Waals surface area contributed by atoms with Crippen LogP contribution >= 0.6 is 7.82 Å². The van der Waals surface area contributed by atoms with Crippen LogP contribution in [0.25, 0.3) is 0 Å². The van der Waals surface area contributed by atoms with Crippen LogP contribution in [0.4, 0.5) is 0 Å². The molecule has 1 amide bonds. The Morgan fingerprint density at radius 2 is 1.50 bits per heavy atom. The molecule has 0 aromatic carbocycles. The maximum Gasteiger partial charge on any atom is 0.472 e. The van der Waals surface area contributed by atoms with Crippen molar-refractivity contribution in [1.82, 2.24) is 5.32 Å². The minimum atomic E-state index is -5.12. The Kier molecular flexibility index (Phi) is 8.51. The molecule has 0 saturated carbocycles. The lowest BCUT2D eigenvalue weighted by molar-refractivity contribution is -0.259. The summed E-state index contributed by atoms with van der Waals surface area (Å²) in [6.45, 7) is 3.76. The normalized spacial score (nSPS) is 27.4. The van der Waals surface area contributed by atoms with Gasteiger partial charge in [0.05, 0.1) is 0 Å². The summed E-state index contributed by atoms with van der Waals surface area (Å²) in [5, 5.41) is 2.29. The number of carbonyl (C=O) groups is 4. The fourth-order valence-electron chi connectivity index (χ4n) is 2.52. The van der Waals surface area contributed by atoms with E-state index in [0.29, 0.717) is 0 Å². The molecule has 0 unspecified atom stereocenters. The summed E-state index contributed by atoms with van der Waals surface area (Å²) in [7, 11) is -5.12. The van der Waals surface area contributed by atoms with Crippen LogP contribution in [0.3, 0.4) is 0 Å². The lowest BCUT2D eigenvalue weighted by Crippen LogP contribution is -2.66. The molecule has 0 radical (unpaired) electrons. The van der Waals surface area contributed by atoms with E-state index in [0.717, 1.165) is 27.7 Å². The van der Waals surface area contributed by atoms with Crippen molar-refractivity contribution in [2.24, 2.45) is 0 Å². The van der Waals surface area contributed by atoms with Gasteiger partial charge in [0.25, 0.3) is 0 Å². The first-order valence-corrected chi connectivity index (χ1v) is 9.47. The van der Waals surface area contributed by atoms with E-state index in [1.807, 2.05) is 0 Å². The van der Waals surface area contributed by atoms with E-state index in [4.69, 9.17) is 28.7 Å².